The second-order valence-corrected chi connectivity index (χ2v) is 8.54. The van der Waals surface area contributed by atoms with Crippen molar-refractivity contribution in [2.75, 3.05) is 12.0 Å². The molecule has 1 aliphatic heterocycles. The first-order valence-corrected chi connectivity index (χ1v) is 11.3. The lowest BCUT2D eigenvalue weighted by molar-refractivity contribution is 0.0697. The van der Waals surface area contributed by atoms with Gasteiger partial charge in [0.1, 0.15) is 5.82 Å². The van der Waals surface area contributed by atoms with Crippen LogP contribution in [0.15, 0.2) is 66.7 Å². The number of fused-ring (bicyclic) bond motifs is 3. The molecule has 0 radical (unpaired) electrons. The third kappa shape index (κ3) is 3.69. The van der Waals surface area contributed by atoms with Gasteiger partial charge in [-0.2, -0.15) is 0 Å². The van der Waals surface area contributed by atoms with Crippen molar-refractivity contribution in [1.82, 2.24) is 9.55 Å². The predicted molar refractivity (Wildman–Crippen MR) is 130 cm³/mol. The summed E-state index contributed by atoms with van der Waals surface area (Å²) >= 11 is 0. The Morgan fingerprint density at radius 1 is 1.06 bits per heavy atom. The molecule has 0 spiro atoms. The van der Waals surface area contributed by atoms with Crippen molar-refractivity contribution in [3.63, 3.8) is 0 Å². The maximum Gasteiger partial charge on any atom is 0.414 e. The number of amides is 1. The Bertz CT molecular complexity index is 1380. The van der Waals surface area contributed by atoms with Crippen LogP contribution < -0.4 is 4.90 Å². The van der Waals surface area contributed by atoms with Gasteiger partial charge in [-0.15, -0.1) is 0 Å². The van der Waals surface area contributed by atoms with Gasteiger partial charge in [0.15, 0.2) is 0 Å². The standard InChI is InChI=1S/C27H25N3O4/c1-17-8-13-21-22(29(17)27(33)34-2)14-15-23-25(21)28-24(16-18-6-4-3-5-7-18)30(23)20-11-9-19(10-12-20)26(31)32/h3-7,9-12,14-15,17H,8,13,16H2,1-2H3,(H,31,32)/t17-/m0/s1. The number of carboxylic acids is 1. The smallest absolute Gasteiger partial charge is 0.414 e. The number of aromatic nitrogens is 2. The molecule has 3 aromatic carbocycles. The maximum atomic E-state index is 12.5. The van der Waals surface area contributed by atoms with Crippen molar-refractivity contribution in [2.45, 2.75) is 32.2 Å². The van der Waals surface area contributed by atoms with Gasteiger partial charge in [0, 0.05) is 23.7 Å². The number of carboxylic acid groups (broad SMARTS) is 1. The Morgan fingerprint density at radius 3 is 2.47 bits per heavy atom. The topological polar surface area (TPSA) is 84.7 Å². The van der Waals surface area contributed by atoms with E-state index in [1.54, 1.807) is 29.2 Å². The SMILES string of the molecule is COC(=O)N1c2ccc3c(nc(Cc4ccccc4)n3-c3ccc(C(=O)O)cc3)c2CC[C@@H]1C. The first-order chi connectivity index (χ1) is 16.5. The Kier molecular flexibility index (Phi) is 5.53. The van der Waals surface area contributed by atoms with Crippen LogP contribution >= 0.6 is 0 Å². The number of aromatic carboxylic acids is 1. The minimum Gasteiger partial charge on any atom is -0.478 e. The third-order valence-corrected chi connectivity index (χ3v) is 6.44. The van der Waals surface area contributed by atoms with Crippen LogP contribution in [0.5, 0.6) is 0 Å². The Labute approximate surface area is 197 Å². The van der Waals surface area contributed by atoms with E-state index in [4.69, 9.17) is 9.72 Å². The summed E-state index contributed by atoms with van der Waals surface area (Å²) in [4.78, 5) is 30.7. The van der Waals surface area contributed by atoms with Crippen molar-refractivity contribution in [1.29, 1.82) is 0 Å². The van der Waals surface area contributed by atoms with Gasteiger partial charge in [-0.25, -0.2) is 14.6 Å². The number of hydrogen-bond donors (Lipinski definition) is 1. The van der Waals surface area contributed by atoms with Crippen molar-refractivity contribution in [3.05, 3.63) is 89.2 Å². The zero-order valence-corrected chi connectivity index (χ0v) is 19.1. The average molecular weight is 456 g/mol. The molecule has 0 unspecified atom stereocenters. The lowest BCUT2D eigenvalue weighted by atomic mass is 9.96. The van der Waals surface area contributed by atoms with Crippen LogP contribution in [0.4, 0.5) is 10.5 Å². The Balaban J connectivity index is 1.71. The van der Waals surface area contributed by atoms with Crippen LogP contribution in [0.3, 0.4) is 0 Å². The summed E-state index contributed by atoms with van der Waals surface area (Å²) < 4.78 is 7.13. The highest BCUT2D eigenvalue weighted by Crippen LogP contribution is 2.37. The van der Waals surface area contributed by atoms with Crippen molar-refractivity contribution < 1.29 is 19.4 Å². The van der Waals surface area contributed by atoms with Gasteiger partial charge in [0.05, 0.1) is 29.4 Å². The minimum absolute atomic E-state index is 0.0341. The summed E-state index contributed by atoms with van der Waals surface area (Å²) in [6.45, 7) is 2.02. The second-order valence-electron chi connectivity index (χ2n) is 8.54. The first-order valence-electron chi connectivity index (χ1n) is 11.3. The molecule has 172 valence electrons. The molecule has 7 heteroatoms. The molecule has 2 heterocycles. The van der Waals surface area contributed by atoms with Gasteiger partial charge in [-0.3, -0.25) is 9.47 Å². The van der Waals surface area contributed by atoms with E-state index >= 15 is 0 Å². The van der Waals surface area contributed by atoms with Crippen molar-refractivity contribution in [2.24, 2.45) is 0 Å². The van der Waals surface area contributed by atoms with E-state index in [9.17, 15) is 14.7 Å². The van der Waals surface area contributed by atoms with Gasteiger partial charge in [0.2, 0.25) is 0 Å². The zero-order chi connectivity index (χ0) is 23.8. The van der Waals surface area contributed by atoms with Gasteiger partial charge in [-0.1, -0.05) is 30.3 Å². The zero-order valence-electron chi connectivity index (χ0n) is 19.1. The number of aryl methyl sites for hydroxylation is 1. The Hall–Kier alpha value is -4.13. The lowest BCUT2D eigenvalue weighted by Gasteiger charge is -2.34. The largest absolute Gasteiger partial charge is 0.478 e. The quantitative estimate of drug-likeness (QED) is 0.456. The van der Waals surface area contributed by atoms with Crippen LogP contribution in [0, 0.1) is 0 Å². The number of nitrogens with zero attached hydrogens (tertiary/aromatic N) is 3. The van der Waals surface area contributed by atoms with E-state index in [0.29, 0.717) is 6.42 Å². The van der Waals surface area contributed by atoms with Gasteiger partial charge in [-0.05, 0) is 61.7 Å². The van der Waals surface area contributed by atoms with Crippen LogP contribution in [0.2, 0.25) is 0 Å². The number of hydrogen-bond acceptors (Lipinski definition) is 4. The highest BCUT2D eigenvalue weighted by atomic mass is 16.5. The van der Waals surface area contributed by atoms with E-state index in [1.165, 1.54) is 7.11 Å². The van der Waals surface area contributed by atoms with Crippen LogP contribution in [-0.4, -0.2) is 39.9 Å². The number of imidazole rings is 1. The van der Waals surface area contributed by atoms with Gasteiger partial charge in [0.25, 0.3) is 0 Å². The summed E-state index contributed by atoms with van der Waals surface area (Å²) in [5, 5.41) is 9.31. The van der Waals surface area contributed by atoms with Gasteiger partial charge >= 0.3 is 12.1 Å². The molecule has 4 aromatic rings. The van der Waals surface area contributed by atoms with Crippen LogP contribution in [0.25, 0.3) is 16.7 Å². The molecule has 0 saturated heterocycles. The molecule has 1 atom stereocenters. The third-order valence-electron chi connectivity index (χ3n) is 6.44. The van der Waals surface area contributed by atoms with Crippen molar-refractivity contribution in [3.8, 4) is 5.69 Å². The molecule has 1 aromatic heterocycles. The molecule has 0 fully saturated rings. The molecular weight excluding hydrogens is 430 g/mol. The fraction of sp³-hybridized carbons (Fsp3) is 0.222. The molecule has 0 bridgehead atoms. The van der Waals surface area contributed by atoms with Gasteiger partial charge < -0.3 is 9.84 Å². The summed E-state index contributed by atoms with van der Waals surface area (Å²) in [6, 6.07) is 20.9. The van der Waals surface area contributed by atoms with Crippen molar-refractivity contribution >= 4 is 28.8 Å². The number of methoxy groups -OCH3 is 1. The highest BCUT2D eigenvalue weighted by Gasteiger charge is 2.31. The number of ether oxygens (including phenoxy) is 1. The monoisotopic (exact) mass is 455 g/mol. The average Bonchev–Trinajstić information content (AvgIpc) is 3.22. The molecule has 7 nitrogen and oxygen atoms in total. The van der Waals surface area contributed by atoms with E-state index in [2.05, 4.69) is 16.7 Å². The molecule has 1 amide bonds. The summed E-state index contributed by atoms with van der Waals surface area (Å²) in [5.41, 5.74) is 5.83. The molecule has 5 rings (SSSR count). The summed E-state index contributed by atoms with van der Waals surface area (Å²) in [5.74, 6) is -0.112. The maximum absolute atomic E-state index is 12.5. The fourth-order valence-corrected chi connectivity index (χ4v) is 4.74. The van der Waals surface area contributed by atoms with E-state index in [1.807, 2.05) is 37.3 Å². The van der Waals surface area contributed by atoms with E-state index < -0.39 is 5.97 Å². The number of anilines is 1. The minimum atomic E-state index is -0.961. The number of carbonyl (C=O) groups excluding carboxylic acids is 1. The molecule has 34 heavy (non-hydrogen) atoms. The second kappa shape index (κ2) is 8.67. The summed E-state index contributed by atoms with van der Waals surface area (Å²) in [6.07, 6.45) is 1.86. The highest BCUT2D eigenvalue weighted by molar-refractivity contribution is 5.96. The van der Waals surface area contributed by atoms with Crippen LogP contribution in [-0.2, 0) is 17.6 Å². The number of carbonyl (C=O) groups is 2. The first kappa shape index (κ1) is 21.7. The Morgan fingerprint density at radius 2 is 1.79 bits per heavy atom. The number of benzene rings is 3. The summed E-state index contributed by atoms with van der Waals surface area (Å²) in [7, 11) is 1.40. The molecule has 0 saturated carbocycles. The fourth-order valence-electron chi connectivity index (χ4n) is 4.74. The lowest BCUT2D eigenvalue weighted by Crippen LogP contribution is -2.42. The molecule has 0 aliphatic carbocycles. The molecule has 1 aliphatic rings. The van der Waals surface area contributed by atoms with Crippen LogP contribution in [0.1, 0.15) is 40.7 Å². The predicted octanol–water partition coefficient (Wildman–Crippen LogP) is 5.22. The molecule has 1 N–H and O–H groups in total. The van der Waals surface area contributed by atoms with E-state index in [-0.39, 0.29) is 17.7 Å². The normalized spacial score (nSPS) is 15.2. The number of rotatable bonds is 4. The molecular formula is C27H25N3O4. The van der Waals surface area contributed by atoms with E-state index in [0.717, 1.165) is 52.2 Å².